The number of halogens is 3. The number of anilines is 1. The number of amides is 2. The van der Waals surface area contributed by atoms with Crippen molar-refractivity contribution in [2.45, 2.75) is 63.6 Å². The van der Waals surface area contributed by atoms with Crippen LogP contribution in [0.1, 0.15) is 57.4 Å². The first-order chi connectivity index (χ1) is 13.7. The van der Waals surface area contributed by atoms with Crippen molar-refractivity contribution >= 4 is 17.7 Å². The van der Waals surface area contributed by atoms with E-state index in [0.717, 1.165) is 44.2 Å². The summed E-state index contributed by atoms with van der Waals surface area (Å²) in [7, 11) is 0. The molecular formula is C21H27F3N2O3. The van der Waals surface area contributed by atoms with Gasteiger partial charge in [0.15, 0.2) is 0 Å². The summed E-state index contributed by atoms with van der Waals surface area (Å²) in [5.74, 6) is 0.856. The standard InChI is InChI=1S/C21H27F3N2O3/c1-15-6-9-20(10-7-15)11-8-18(27)26(20)12-3-13-29-19(28)25-17-5-2-4-16(14-17)21(22,23)24/h2,4-5,14-15H,3,6-13H2,1H3,(H,25,28). The smallest absolute Gasteiger partial charge is 0.416 e. The number of carbonyl (C=O) groups is 2. The van der Waals surface area contributed by atoms with Crippen LogP contribution in [0.4, 0.5) is 23.7 Å². The van der Waals surface area contributed by atoms with E-state index in [2.05, 4.69) is 12.2 Å². The fraction of sp³-hybridized carbons (Fsp3) is 0.619. The van der Waals surface area contributed by atoms with Gasteiger partial charge in [-0.2, -0.15) is 13.2 Å². The fourth-order valence-corrected chi connectivity index (χ4v) is 4.37. The molecule has 1 saturated carbocycles. The lowest BCUT2D eigenvalue weighted by atomic mass is 9.75. The van der Waals surface area contributed by atoms with Gasteiger partial charge in [-0.25, -0.2) is 4.79 Å². The van der Waals surface area contributed by atoms with Gasteiger partial charge in [-0.3, -0.25) is 10.1 Å². The van der Waals surface area contributed by atoms with Crippen molar-refractivity contribution < 1.29 is 27.5 Å². The van der Waals surface area contributed by atoms with Gasteiger partial charge in [0.2, 0.25) is 5.91 Å². The molecule has 8 heteroatoms. The molecule has 2 fully saturated rings. The number of alkyl halides is 3. The third kappa shape index (κ3) is 5.22. The van der Waals surface area contributed by atoms with Crippen LogP contribution >= 0.6 is 0 Å². The lowest BCUT2D eigenvalue weighted by Crippen LogP contribution is -2.48. The Morgan fingerprint density at radius 1 is 1.28 bits per heavy atom. The van der Waals surface area contributed by atoms with Crippen LogP contribution in [0.25, 0.3) is 0 Å². The molecule has 0 unspecified atom stereocenters. The lowest BCUT2D eigenvalue weighted by Gasteiger charge is -2.43. The second kappa shape index (κ2) is 8.63. The van der Waals surface area contributed by atoms with E-state index >= 15 is 0 Å². The van der Waals surface area contributed by atoms with Crippen molar-refractivity contribution in [3.63, 3.8) is 0 Å². The van der Waals surface area contributed by atoms with Crippen LogP contribution in [-0.4, -0.2) is 35.6 Å². The average molecular weight is 412 g/mol. The number of benzene rings is 1. The molecule has 1 spiro atoms. The summed E-state index contributed by atoms with van der Waals surface area (Å²) >= 11 is 0. The largest absolute Gasteiger partial charge is 0.449 e. The molecule has 1 aromatic rings. The average Bonchev–Trinajstić information content (AvgIpc) is 2.97. The van der Waals surface area contributed by atoms with Crippen LogP contribution in [0.5, 0.6) is 0 Å². The Bertz CT molecular complexity index is 743. The summed E-state index contributed by atoms with van der Waals surface area (Å²) in [5.41, 5.74) is -0.853. The van der Waals surface area contributed by atoms with Gasteiger partial charge in [0.25, 0.3) is 0 Å². The minimum atomic E-state index is -4.48. The van der Waals surface area contributed by atoms with Crippen molar-refractivity contribution in [1.29, 1.82) is 0 Å². The molecule has 1 aliphatic carbocycles. The number of nitrogens with zero attached hydrogens (tertiary/aromatic N) is 1. The van der Waals surface area contributed by atoms with E-state index in [1.807, 2.05) is 4.90 Å². The lowest BCUT2D eigenvalue weighted by molar-refractivity contribution is -0.137. The Balaban J connectivity index is 1.45. The molecular weight excluding hydrogens is 385 g/mol. The van der Waals surface area contributed by atoms with Gasteiger partial charge in [0.1, 0.15) is 0 Å². The zero-order chi connectivity index (χ0) is 21.1. The third-order valence-corrected chi connectivity index (χ3v) is 6.08. The molecule has 160 valence electrons. The topological polar surface area (TPSA) is 58.6 Å². The Morgan fingerprint density at radius 2 is 2.00 bits per heavy atom. The van der Waals surface area contributed by atoms with E-state index in [9.17, 15) is 22.8 Å². The summed E-state index contributed by atoms with van der Waals surface area (Å²) in [6, 6.07) is 4.39. The maximum atomic E-state index is 12.7. The molecule has 0 bridgehead atoms. The minimum absolute atomic E-state index is 0.0230. The Kier molecular flexibility index (Phi) is 6.39. The number of carbonyl (C=O) groups excluding carboxylic acids is 2. The van der Waals surface area contributed by atoms with Crippen LogP contribution in [0.3, 0.4) is 0 Å². The van der Waals surface area contributed by atoms with E-state index in [4.69, 9.17) is 4.74 Å². The normalized spacial score (nSPS) is 24.8. The van der Waals surface area contributed by atoms with Crippen LogP contribution < -0.4 is 5.32 Å². The zero-order valence-electron chi connectivity index (χ0n) is 16.6. The number of likely N-dealkylation sites (tertiary alicyclic amines) is 1. The van der Waals surface area contributed by atoms with Gasteiger partial charge in [-0.15, -0.1) is 0 Å². The third-order valence-electron chi connectivity index (χ3n) is 6.08. The van der Waals surface area contributed by atoms with Gasteiger partial charge in [-0.1, -0.05) is 13.0 Å². The summed E-state index contributed by atoms with van der Waals surface area (Å²) in [6.45, 7) is 2.87. The van der Waals surface area contributed by atoms with E-state index < -0.39 is 17.8 Å². The van der Waals surface area contributed by atoms with Gasteiger partial charge in [0, 0.05) is 24.2 Å². The first-order valence-corrected chi connectivity index (χ1v) is 10.1. The summed E-state index contributed by atoms with van der Waals surface area (Å²) in [4.78, 5) is 26.2. The zero-order valence-corrected chi connectivity index (χ0v) is 16.6. The Morgan fingerprint density at radius 3 is 2.69 bits per heavy atom. The van der Waals surface area contributed by atoms with E-state index in [-0.39, 0.29) is 23.7 Å². The molecule has 0 atom stereocenters. The Labute approximate surface area is 168 Å². The fourth-order valence-electron chi connectivity index (χ4n) is 4.37. The summed E-state index contributed by atoms with van der Waals surface area (Å²) < 4.78 is 43.3. The maximum absolute atomic E-state index is 12.7. The molecule has 3 rings (SSSR count). The number of ether oxygens (including phenoxy) is 1. The van der Waals surface area contributed by atoms with Crippen LogP contribution in [0.2, 0.25) is 0 Å². The molecule has 1 heterocycles. The highest BCUT2D eigenvalue weighted by atomic mass is 19.4. The quantitative estimate of drug-likeness (QED) is 0.675. The van der Waals surface area contributed by atoms with Gasteiger partial charge in [-0.05, 0) is 62.6 Å². The monoisotopic (exact) mass is 412 g/mol. The van der Waals surface area contributed by atoms with Crippen molar-refractivity contribution in [3.8, 4) is 0 Å². The summed E-state index contributed by atoms with van der Waals surface area (Å²) in [5, 5.41) is 2.31. The number of nitrogens with one attached hydrogen (secondary N) is 1. The number of rotatable bonds is 5. The summed E-state index contributed by atoms with van der Waals surface area (Å²) in [6.07, 6.45) is 0.988. The highest BCUT2D eigenvalue weighted by molar-refractivity contribution is 5.84. The van der Waals surface area contributed by atoms with E-state index in [1.54, 1.807) is 0 Å². The van der Waals surface area contributed by atoms with Crippen LogP contribution in [-0.2, 0) is 15.7 Å². The highest BCUT2D eigenvalue weighted by Gasteiger charge is 2.46. The minimum Gasteiger partial charge on any atom is -0.449 e. The van der Waals surface area contributed by atoms with Gasteiger partial charge in [0.05, 0.1) is 12.2 Å². The van der Waals surface area contributed by atoms with Crippen LogP contribution in [0, 0.1) is 5.92 Å². The molecule has 1 saturated heterocycles. The Hall–Kier alpha value is -2.25. The molecule has 0 aromatic heterocycles. The molecule has 1 aromatic carbocycles. The molecule has 29 heavy (non-hydrogen) atoms. The molecule has 0 radical (unpaired) electrons. The van der Waals surface area contributed by atoms with Crippen molar-refractivity contribution in [2.24, 2.45) is 5.92 Å². The van der Waals surface area contributed by atoms with Crippen molar-refractivity contribution in [3.05, 3.63) is 29.8 Å². The first kappa shape index (κ1) is 21.5. The highest BCUT2D eigenvalue weighted by Crippen LogP contribution is 2.43. The van der Waals surface area contributed by atoms with Gasteiger partial charge >= 0.3 is 12.3 Å². The molecule has 2 amide bonds. The predicted molar refractivity (Wildman–Crippen MR) is 102 cm³/mol. The molecule has 2 aliphatic rings. The molecule has 1 N–H and O–H groups in total. The van der Waals surface area contributed by atoms with Crippen LogP contribution in [0.15, 0.2) is 24.3 Å². The maximum Gasteiger partial charge on any atom is 0.416 e. The second-order valence-corrected chi connectivity index (χ2v) is 8.15. The number of hydrogen-bond acceptors (Lipinski definition) is 3. The predicted octanol–water partition coefficient (Wildman–Crippen LogP) is 5.22. The van der Waals surface area contributed by atoms with Gasteiger partial charge < -0.3 is 9.64 Å². The molecule has 5 nitrogen and oxygen atoms in total. The number of hydrogen-bond donors (Lipinski definition) is 1. The SMILES string of the molecule is CC1CCC2(CCC(=O)N2CCCOC(=O)Nc2cccc(C(F)(F)F)c2)CC1. The molecule has 1 aliphatic heterocycles. The van der Waals surface area contributed by atoms with E-state index in [1.165, 1.54) is 12.1 Å². The van der Waals surface area contributed by atoms with Crippen molar-refractivity contribution in [2.75, 3.05) is 18.5 Å². The van der Waals surface area contributed by atoms with E-state index in [0.29, 0.717) is 25.3 Å². The first-order valence-electron chi connectivity index (χ1n) is 10.1. The second-order valence-electron chi connectivity index (χ2n) is 8.15. The van der Waals surface area contributed by atoms with Crippen molar-refractivity contribution in [1.82, 2.24) is 4.90 Å².